The lowest BCUT2D eigenvalue weighted by Crippen LogP contribution is -2.49. The Kier molecular flexibility index (Phi) is 9.08. The molecule has 9 heteroatoms. The zero-order chi connectivity index (χ0) is 18.6. The molecule has 1 saturated carbocycles. The second-order valence-corrected chi connectivity index (χ2v) is 9.99. The third kappa shape index (κ3) is 7.32. The Labute approximate surface area is 181 Å². The van der Waals surface area contributed by atoms with Gasteiger partial charge in [0, 0.05) is 51.4 Å². The number of sulfonamides is 1. The summed E-state index contributed by atoms with van der Waals surface area (Å²) in [5, 5.41) is 6.98. The van der Waals surface area contributed by atoms with Gasteiger partial charge in [-0.1, -0.05) is 0 Å². The first-order valence-corrected chi connectivity index (χ1v) is 12.0. The van der Waals surface area contributed by atoms with Gasteiger partial charge in [-0.05, 0) is 51.4 Å². The van der Waals surface area contributed by atoms with Crippen molar-refractivity contribution in [3.8, 4) is 0 Å². The quantitative estimate of drug-likeness (QED) is 0.320. The van der Waals surface area contributed by atoms with E-state index in [4.69, 9.17) is 4.99 Å². The average molecular weight is 513 g/mol. The Morgan fingerprint density at radius 1 is 1.04 bits per heavy atom. The summed E-state index contributed by atoms with van der Waals surface area (Å²) < 4.78 is 24.8. The molecule has 3 fully saturated rings. The number of halogens is 1. The SMILES string of the molecule is CCNC(=NCC1CCN(S(C)(=O)=O)CC1)NC1CCN(C2CC2)CC1.I. The van der Waals surface area contributed by atoms with Crippen molar-refractivity contribution in [1.82, 2.24) is 19.8 Å². The molecule has 0 radical (unpaired) electrons. The number of piperidine rings is 2. The minimum Gasteiger partial charge on any atom is -0.357 e. The van der Waals surface area contributed by atoms with Crippen LogP contribution in [0.25, 0.3) is 0 Å². The summed E-state index contributed by atoms with van der Waals surface area (Å²) in [4.78, 5) is 7.43. The molecule has 7 nitrogen and oxygen atoms in total. The van der Waals surface area contributed by atoms with Crippen LogP contribution in [-0.4, -0.2) is 81.2 Å². The summed E-state index contributed by atoms with van der Waals surface area (Å²) in [5.74, 6) is 1.39. The van der Waals surface area contributed by atoms with E-state index in [0.717, 1.165) is 37.9 Å². The predicted octanol–water partition coefficient (Wildman–Crippen LogP) is 1.46. The monoisotopic (exact) mass is 513 g/mol. The molecule has 0 atom stereocenters. The minimum atomic E-state index is -3.05. The van der Waals surface area contributed by atoms with Crippen molar-refractivity contribution in [1.29, 1.82) is 0 Å². The molecule has 3 rings (SSSR count). The van der Waals surface area contributed by atoms with E-state index in [1.165, 1.54) is 45.0 Å². The topological polar surface area (TPSA) is 77.0 Å². The van der Waals surface area contributed by atoms with Crippen LogP contribution in [0.2, 0.25) is 0 Å². The molecular formula is C18H36IN5O2S. The molecule has 0 aromatic rings. The van der Waals surface area contributed by atoms with Gasteiger partial charge in [-0.25, -0.2) is 12.7 Å². The van der Waals surface area contributed by atoms with Crippen molar-refractivity contribution in [2.75, 3.05) is 45.5 Å². The second kappa shape index (κ2) is 10.6. The molecule has 0 bridgehead atoms. The van der Waals surface area contributed by atoms with Crippen molar-refractivity contribution in [2.45, 2.75) is 57.5 Å². The Morgan fingerprint density at radius 3 is 2.19 bits per heavy atom. The molecule has 0 unspecified atom stereocenters. The van der Waals surface area contributed by atoms with Crippen molar-refractivity contribution < 1.29 is 8.42 Å². The second-order valence-electron chi connectivity index (χ2n) is 8.01. The van der Waals surface area contributed by atoms with Crippen LogP contribution in [0.4, 0.5) is 0 Å². The summed E-state index contributed by atoms with van der Waals surface area (Å²) in [7, 11) is -3.05. The first-order chi connectivity index (χ1) is 12.5. The fourth-order valence-electron chi connectivity index (χ4n) is 4.01. The number of aliphatic imine (C=N–C) groups is 1. The number of guanidine groups is 1. The van der Waals surface area contributed by atoms with E-state index in [2.05, 4.69) is 22.5 Å². The maximum atomic E-state index is 11.6. The summed E-state index contributed by atoms with van der Waals surface area (Å²) >= 11 is 0. The van der Waals surface area contributed by atoms with E-state index in [9.17, 15) is 8.42 Å². The fraction of sp³-hybridized carbons (Fsp3) is 0.944. The highest BCUT2D eigenvalue weighted by Gasteiger charge is 2.32. The molecule has 0 spiro atoms. The summed E-state index contributed by atoms with van der Waals surface area (Å²) in [6.07, 6.45) is 8.25. The fourth-order valence-corrected chi connectivity index (χ4v) is 4.88. The standard InChI is InChI=1S/C18H35N5O2S.HI/c1-3-19-18(21-16-8-10-22(11-9-16)17-4-5-17)20-14-15-6-12-23(13-7-15)26(2,24)25;/h15-17H,3-14H2,1-2H3,(H2,19,20,21);1H. The van der Waals surface area contributed by atoms with E-state index in [-0.39, 0.29) is 24.0 Å². The van der Waals surface area contributed by atoms with E-state index in [0.29, 0.717) is 25.0 Å². The van der Waals surface area contributed by atoms with Gasteiger partial charge in [0.15, 0.2) is 5.96 Å². The van der Waals surface area contributed by atoms with Crippen LogP contribution in [-0.2, 0) is 10.0 Å². The lowest BCUT2D eigenvalue weighted by Gasteiger charge is -2.33. The zero-order valence-corrected chi connectivity index (χ0v) is 19.8. The number of hydrogen-bond donors (Lipinski definition) is 2. The van der Waals surface area contributed by atoms with Crippen molar-refractivity contribution >= 4 is 40.0 Å². The average Bonchev–Trinajstić information content (AvgIpc) is 3.45. The first kappa shape index (κ1) is 23.2. The van der Waals surface area contributed by atoms with Crippen molar-refractivity contribution in [3.05, 3.63) is 0 Å². The summed E-state index contributed by atoms with van der Waals surface area (Å²) in [6.45, 7) is 7.38. The minimum absolute atomic E-state index is 0. The van der Waals surface area contributed by atoms with Crippen LogP contribution < -0.4 is 10.6 Å². The molecule has 27 heavy (non-hydrogen) atoms. The van der Waals surface area contributed by atoms with E-state index in [1.54, 1.807) is 4.31 Å². The molecular weight excluding hydrogens is 477 g/mol. The highest BCUT2D eigenvalue weighted by molar-refractivity contribution is 14.0. The predicted molar refractivity (Wildman–Crippen MR) is 121 cm³/mol. The smallest absolute Gasteiger partial charge is 0.211 e. The highest BCUT2D eigenvalue weighted by atomic mass is 127. The lowest BCUT2D eigenvalue weighted by atomic mass is 9.98. The van der Waals surface area contributed by atoms with Crippen LogP contribution in [0.3, 0.4) is 0 Å². The molecule has 0 aromatic heterocycles. The van der Waals surface area contributed by atoms with Gasteiger partial charge in [0.25, 0.3) is 0 Å². The summed E-state index contributed by atoms with van der Waals surface area (Å²) in [6, 6.07) is 1.38. The zero-order valence-electron chi connectivity index (χ0n) is 16.7. The van der Waals surface area contributed by atoms with Crippen LogP contribution in [0.1, 0.15) is 45.4 Å². The van der Waals surface area contributed by atoms with Gasteiger partial charge < -0.3 is 15.5 Å². The Bertz CT molecular complexity index is 581. The molecule has 2 heterocycles. The number of likely N-dealkylation sites (tertiary alicyclic amines) is 1. The Hall–Kier alpha value is -0.130. The number of nitrogens with one attached hydrogen (secondary N) is 2. The van der Waals surface area contributed by atoms with Crippen LogP contribution in [0.15, 0.2) is 4.99 Å². The first-order valence-electron chi connectivity index (χ1n) is 10.2. The molecule has 2 saturated heterocycles. The van der Waals surface area contributed by atoms with E-state index < -0.39 is 10.0 Å². The molecule has 2 aliphatic heterocycles. The molecule has 1 aliphatic carbocycles. The van der Waals surface area contributed by atoms with Gasteiger partial charge in [-0.2, -0.15) is 0 Å². The van der Waals surface area contributed by atoms with Gasteiger partial charge in [0.1, 0.15) is 0 Å². The van der Waals surface area contributed by atoms with Crippen molar-refractivity contribution in [3.63, 3.8) is 0 Å². The van der Waals surface area contributed by atoms with Crippen molar-refractivity contribution in [2.24, 2.45) is 10.9 Å². The Morgan fingerprint density at radius 2 is 1.67 bits per heavy atom. The molecule has 3 aliphatic rings. The number of hydrogen-bond acceptors (Lipinski definition) is 4. The number of rotatable bonds is 6. The summed E-state index contributed by atoms with van der Waals surface area (Å²) in [5.41, 5.74) is 0. The number of nitrogens with zero attached hydrogens (tertiary/aromatic N) is 3. The Balaban J connectivity index is 0.00000261. The van der Waals surface area contributed by atoms with Gasteiger partial charge in [0.05, 0.1) is 6.26 Å². The van der Waals surface area contributed by atoms with Gasteiger partial charge >= 0.3 is 0 Å². The van der Waals surface area contributed by atoms with Crippen LogP contribution in [0.5, 0.6) is 0 Å². The normalized spacial score (nSPS) is 24.4. The molecule has 0 aromatic carbocycles. The maximum Gasteiger partial charge on any atom is 0.211 e. The molecule has 2 N–H and O–H groups in total. The van der Waals surface area contributed by atoms with E-state index in [1.807, 2.05) is 0 Å². The molecule has 158 valence electrons. The molecule has 0 amide bonds. The maximum absolute atomic E-state index is 11.6. The van der Waals surface area contributed by atoms with Gasteiger partial charge in [-0.15, -0.1) is 24.0 Å². The lowest BCUT2D eigenvalue weighted by molar-refractivity contribution is 0.197. The third-order valence-electron chi connectivity index (χ3n) is 5.83. The van der Waals surface area contributed by atoms with Crippen LogP contribution in [0, 0.1) is 5.92 Å². The third-order valence-corrected chi connectivity index (χ3v) is 7.13. The highest BCUT2D eigenvalue weighted by Crippen LogP contribution is 2.29. The van der Waals surface area contributed by atoms with E-state index >= 15 is 0 Å². The van der Waals surface area contributed by atoms with Crippen LogP contribution >= 0.6 is 24.0 Å². The van der Waals surface area contributed by atoms with Gasteiger partial charge in [0.2, 0.25) is 10.0 Å². The largest absolute Gasteiger partial charge is 0.357 e. The van der Waals surface area contributed by atoms with Gasteiger partial charge in [-0.3, -0.25) is 4.99 Å².